The van der Waals surface area contributed by atoms with E-state index in [2.05, 4.69) is 4.90 Å². The summed E-state index contributed by atoms with van der Waals surface area (Å²) in [6.07, 6.45) is 4.93. The van der Waals surface area contributed by atoms with E-state index in [4.69, 9.17) is 0 Å². The molecule has 90 valence electrons. The third kappa shape index (κ3) is 1.69. The summed E-state index contributed by atoms with van der Waals surface area (Å²) in [6, 6.07) is 0.349. The maximum absolute atomic E-state index is 10.7. The maximum atomic E-state index is 10.7. The second kappa shape index (κ2) is 3.73. The van der Waals surface area contributed by atoms with Crippen LogP contribution in [0.25, 0.3) is 0 Å². The molecule has 0 amide bonds. The third-order valence-electron chi connectivity index (χ3n) is 3.79. The van der Waals surface area contributed by atoms with E-state index >= 15 is 0 Å². The second-order valence-electron chi connectivity index (χ2n) is 5.20. The normalized spacial score (nSPS) is 32.9. The Balaban J connectivity index is 2.05. The van der Waals surface area contributed by atoms with Crippen molar-refractivity contribution in [1.82, 2.24) is 4.90 Å². The smallest absolute Gasteiger partial charge is 0.286 e. The van der Waals surface area contributed by atoms with Crippen molar-refractivity contribution >= 4 is 0 Å². The van der Waals surface area contributed by atoms with Crippen LogP contribution in [0, 0.1) is 10.1 Å². The van der Waals surface area contributed by atoms with Crippen LogP contribution >= 0.6 is 0 Å². The quantitative estimate of drug-likeness (QED) is 0.572. The Bertz CT molecular complexity index is 330. The molecule has 5 nitrogen and oxygen atoms in total. The van der Waals surface area contributed by atoms with Gasteiger partial charge in [0.2, 0.25) is 0 Å². The van der Waals surface area contributed by atoms with Gasteiger partial charge in [0.05, 0.1) is 17.2 Å². The van der Waals surface area contributed by atoms with Crippen LogP contribution < -0.4 is 0 Å². The monoisotopic (exact) mass is 226 g/mol. The van der Waals surface area contributed by atoms with E-state index in [0.29, 0.717) is 11.7 Å². The Labute approximate surface area is 94.9 Å². The number of nitrogens with zero attached hydrogens (tertiary/aromatic N) is 2. The minimum Gasteiger partial charge on any atom is -0.393 e. The second-order valence-corrected chi connectivity index (χ2v) is 5.20. The van der Waals surface area contributed by atoms with E-state index in [-0.39, 0.29) is 11.0 Å². The van der Waals surface area contributed by atoms with Gasteiger partial charge in [-0.1, -0.05) is 0 Å². The number of aliphatic hydroxyl groups is 1. The zero-order valence-corrected chi connectivity index (χ0v) is 9.72. The van der Waals surface area contributed by atoms with Gasteiger partial charge in [-0.05, 0) is 39.5 Å². The first kappa shape index (κ1) is 11.4. The molecule has 0 saturated heterocycles. The standard InChI is InChI=1S/C11H18N2O3/c1-11(2)10(13(15)16)7-12(11)8-3-5-9(14)6-4-8/h7-9,14H,3-6H2,1-2H3/t8-,9+. The molecule has 1 N–H and O–H groups in total. The molecule has 0 atom stereocenters. The summed E-state index contributed by atoms with van der Waals surface area (Å²) in [5, 5.41) is 20.2. The van der Waals surface area contributed by atoms with Crippen LogP contribution in [0.2, 0.25) is 0 Å². The molecule has 1 heterocycles. The van der Waals surface area contributed by atoms with Crippen LogP contribution in [-0.2, 0) is 0 Å². The first-order valence-electron chi connectivity index (χ1n) is 5.76. The predicted octanol–water partition coefficient (Wildman–Crippen LogP) is 1.50. The fraction of sp³-hybridized carbons (Fsp3) is 0.818. The molecule has 0 unspecified atom stereocenters. The minimum absolute atomic E-state index is 0.181. The molecule has 1 aliphatic carbocycles. The Morgan fingerprint density at radius 2 is 2.00 bits per heavy atom. The Hall–Kier alpha value is -1.10. The molecule has 1 aliphatic heterocycles. The summed E-state index contributed by atoms with van der Waals surface area (Å²) in [5.74, 6) is 0. The molecule has 0 radical (unpaired) electrons. The Kier molecular flexibility index (Phi) is 2.66. The summed E-state index contributed by atoms with van der Waals surface area (Å²) in [6.45, 7) is 3.77. The summed E-state index contributed by atoms with van der Waals surface area (Å²) >= 11 is 0. The van der Waals surface area contributed by atoms with Crippen molar-refractivity contribution in [3.8, 4) is 0 Å². The lowest BCUT2D eigenvalue weighted by atomic mass is 9.84. The number of hydrogen-bond acceptors (Lipinski definition) is 4. The molecule has 1 saturated carbocycles. The van der Waals surface area contributed by atoms with Crippen molar-refractivity contribution in [3.63, 3.8) is 0 Å². The summed E-state index contributed by atoms with van der Waals surface area (Å²) in [5.41, 5.74) is -0.171. The Morgan fingerprint density at radius 3 is 2.44 bits per heavy atom. The van der Waals surface area contributed by atoms with Crippen molar-refractivity contribution in [3.05, 3.63) is 22.0 Å². The van der Waals surface area contributed by atoms with Crippen LogP contribution in [0.3, 0.4) is 0 Å². The van der Waals surface area contributed by atoms with Crippen LogP contribution in [0.1, 0.15) is 39.5 Å². The van der Waals surface area contributed by atoms with E-state index < -0.39 is 5.54 Å². The molecule has 0 bridgehead atoms. The fourth-order valence-electron chi connectivity index (χ4n) is 2.69. The lowest BCUT2D eigenvalue weighted by Crippen LogP contribution is -2.57. The summed E-state index contributed by atoms with van der Waals surface area (Å²) < 4.78 is 0. The number of hydrogen-bond donors (Lipinski definition) is 1. The number of nitro groups is 1. The topological polar surface area (TPSA) is 66.6 Å². The van der Waals surface area contributed by atoms with Crippen molar-refractivity contribution in [2.75, 3.05) is 0 Å². The van der Waals surface area contributed by atoms with Gasteiger partial charge in [-0.2, -0.15) is 0 Å². The van der Waals surface area contributed by atoms with Crippen molar-refractivity contribution in [2.24, 2.45) is 0 Å². The molecule has 5 heteroatoms. The van der Waals surface area contributed by atoms with Crippen LogP contribution in [0.5, 0.6) is 0 Å². The molecule has 0 aromatic carbocycles. The highest BCUT2D eigenvalue weighted by Gasteiger charge is 2.49. The first-order valence-corrected chi connectivity index (χ1v) is 5.76. The fourth-order valence-corrected chi connectivity index (χ4v) is 2.69. The van der Waals surface area contributed by atoms with E-state index in [1.54, 1.807) is 6.20 Å². The van der Waals surface area contributed by atoms with Crippen molar-refractivity contribution in [1.29, 1.82) is 0 Å². The SMILES string of the molecule is CC1(C)C([N+](=O)[O-])=CN1[C@H]1CC[C@@H](O)CC1. The average Bonchev–Trinajstić information content (AvgIpc) is 2.19. The van der Waals surface area contributed by atoms with E-state index in [0.717, 1.165) is 25.7 Å². The average molecular weight is 226 g/mol. The van der Waals surface area contributed by atoms with Gasteiger partial charge in [0.1, 0.15) is 5.54 Å². The first-order chi connectivity index (χ1) is 7.43. The van der Waals surface area contributed by atoms with Gasteiger partial charge < -0.3 is 10.0 Å². The number of aliphatic hydroxyl groups excluding tert-OH is 1. The highest BCUT2D eigenvalue weighted by atomic mass is 16.6. The van der Waals surface area contributed by atoms with Crippen molar-refractivity contribution < 1.29 is 10.0 Å². The van der Waals surface area contributed by atoms with E-state index in [1.807, 2.05) is 13.8 Å². The van der Waals surface area contributed by atoms with Gasteiger partial charge >= 0.3 is 0 Å². The van der Waals surface area contributed by atoms with Crippen LogP contribution in [0.4, 0.5) is 0 Å². The van der Waals surface area contributed by atoms with E-state index in [9.17, 15) is 15.2 Å². The maximum Gasteiger partial charge on any atom is 0.286 e. The Morgan fingerprint density at radius 1 is 1.44 bits per heavy atom. The van der Waals surface area contributed by atoms with Gasteiger partial charge in [-0.3, -0.25) is 10.1 Å². The van der Waals surface area contributed by atoms with Gasteiger partial charge in [-0.15, -0.1) is 0 Å². The van der Waals surface area contributed by atoms with E-state index in [1.165, 1.54) is 0 Å². The zero-order valence-electron chi connectivity index (χ0n) is 9.72. The van der Waals surface area contributed by atoms with Crippen LogP contribution in [0.15, 0.2) is 11.9 Å². The lowest BCUT2D eigenvalue weighted by molar-refractivity contribution is -0.449. The zero-order chi connectivity index (χ0) is 11.9. The van der Waals surface area contributed by atoms with Gasteiger partial charge in [-0.25, -0.2) is 0 Å². The molecular formula is C11H18N2O3. The molecular weight excluding hydrogens is 208 g/mol. The lowest BCUT2D eigenvalue weighted by Gasteiger charge is -2.48. The molecule has 0 spiro atoms. The minimum atomic E-state index is -0.462. The molecule has 2 rings (SSSR count). The van der Waals surface area contributed by atoms with Crippen molar-refractivity contribution in [2.45, 2.75) is 57.2 Å². The highest BCUT2D eigenvalue weighted by Crippen LogP contribution is 2.40. The van der Waals surface area contributed by atoms with Crippen LogP contribution in [-0.4, -0.2) is 32.6 Å². The van der Waals surface area contributed by atoms with Gasteiger partial charge in [0.25, 0.3) is 5.70 Å². The van der Waals surface area contributed by atoms with Gasteiger partial charge in [0.15, 0.2) is 0 Å². The summed E-state index contributed by atoms with van der Waals surface area (Å²) in [4.78, 5) is 12.5. The molecule has 0 aromatic heterocycles. The third-order valence-corrected chi connectivity index (χ3v) is 3.79. The molecule has 1 fully saturated rings. The highest BCUT2D eigenvalue weighted by molar-refractivity contribution is 5.23. The predicted molar refractivity (Wildman–Crippen MR) is 59.3 cm³/mol. The number of rotatable bonds is 2. The van der Waals surface area contributed by atoms with Gasteiger partial charge in [0, 0.05) is 6.04 Å². The molecule has 0 aromatic rings. The molecule has 16 heavy (non-hydrogen) atoms. The summed E-state index contributed by atoms with van der Waals surface area (Å²) in [7, 11) is 0. The molecule has 2 aliphatic rings. The largest absolute Gasteiger partial charge is 0.393 e.